The van der Waals surface area contributed by atoms with Crippen molar-refractivity contribution in [1.29, 1.82) is 0 Å². The molecule has 6 heteroatoms. The van der Waals surface area contributed by atoms with E-state index in [4.69, 9.17) is 9.72 Å². The molecule has 6 nitrogen and oxygen atoms in total. The fourth-order valence-electron chi connectivity index (χ4n) is 3.53. The van der Waals surface area contributed by atoms with Gasteiger partial charge in [-0.2, -0.15) is 5.10 Å². The Bertz CT molecular complexity index is 733. The summed E-state index contributed by atoms with van der Waals surface area (Å²) in [5.74, 6) is 1.21. The molecule has 0 atom stereocenters. The van der Waals surface area contributed by atoms with Crippen molar-refractivity contribution in [2.75, 3.05) is 6.61 Å². The monoisotopic (exact) mass is 342 g/mol. The molecule has 0 aromatic carbocycles. The van der Waals surface area contributed by atoms with Crippen LogP contribution in [0, 0.1) is 19.8 Å². The van der Waals surface area contributed by atoms with Crippen LogP contribution in [0.2, 0.25) is 0 Å². The summed E-state index contributed by atoms with van der Waals surface area (Å²) in [6, 6.07) is 4.07. The van der Waals surface area contributed by atoms with Crippen molar-refractivity contribution in [2.45, 2.75) is 58.8 Å². The zero-order valence-electron chi connectivity index (χ0n) is 15.2. The largest absolute Gasteiger partial charge is 0.466 e. The van der Waals surface area contributed by atoms with Crippen molar-refractivity contribution < 1.29 is 9.53 Å². The number of ether oxygens (including phenoxy) is 1. The van der Waals surface area contributed by atoms with E-state index in [1.165, 1.54) is 0 Å². The number of nitrogens with zero attached hydrogens (tertiary/aromatic N) is 3. The molecule has 1 N–H and O–H groups in total. The first-order chi connectivity index (χ1) is 12.0. The molecule has 1 fully saturated rings. The molecule has 0 radical (unpaired) electrons. The molecule has 0 amide bonds. The van der Waals surface area contributed by atoms with Crippen LogP contribution in [-0.4, -0.2) is 32.7 Å². The highest BCUT2D eigenvalue weighted by Gasteiger charge is 2.29. The molecular formula is C19H26N4O2. The summed E-state index contributed by atoms with van der Waals surface area (Å²) in [5.41, 5.74) is 4.03. The lowest BCUT2D eigenvalue weighted by Crippen LogP contribution is -2.24. The third-order valence-electron chi connectivity index (χ3n) is 4.76. The van der Waals surface area contributed by atoms with E-state index in [0.29, 0.717) is 18.9 Å². The summed E-state index contributed by atoms with van der Waals surface area (Å²) in [6.07, 6.45) is 4.30. The molecule has 1 saturated carbocycles. The first-order valence-corrected chi connectivity index (χ1v) is 9.07. The van der Waals surface area contributed by atoms with Gasteiger partial charge in [-0.25, -0.2) is 9.97 Å². The molecule has 3 rings (SSSR count). The van der Waals surface area contributed by atoms with E-state index in [-0.39, 0.29) is 11.9 Å². The number of aryl methyl sites for hydroxylation is 2. The number of hydrogen-bond acceptors (Lipinski definition) is 5. The summed E-state index contributed by atoms with van der Waals surface area (Å²) in [6.45, 7) is 6.31. The molecule has 1 aliphatic carbocycles. The third-order valence-corrected chi connectivity index (χ3v) is 4.76. The molecule has 0 unspecified atom stereocenters. The molecule has 2 aromatic rings. The SMILES string of the molecule is CCOC(=O)C1CCC(c2nc(C)cc(Cc3cc(C)[nH]n3)n2)CC1. The Morgan fingerprint density at radius 3 is 2.56 bits per heavy atom. The molecule has 1 aliphatic rings. The van der Waals surface area contributed by atoms with Crippen LogP contribution in [0.4, 0.5) is 0 Å². The second kappa shape index (κ2) is 7.76. The van der Waals surface area contributed by atoms with E-state index >= 15 is 0 Å². The quantitative estimate of drug-likeness (QED) is 0.844. The number of aromatic nitrogens is 4. The second-order valence-electron chi connectivity index (χ2n) is 6.88. The topological polar surface area (TPSA) is 80.8 Å². The summed E-state index contributed by atoms with van der Waals surface area (Å²) >= 11 is 0. The molecule has 0 bridgehead atoms. The number of carbonyl (C=O) groups is 1. The van der Waals surface area contributed by atoms with Crippen LogP contribution in [0.5, 0.6) is 0 Å². The average molecular weight is 342 g/mol. The predicted octanol–water partition coefficient (Wildman–Crippen LogP) is 3.24. The van der Waals surface area contributed by atoms with E-state index in [0.717, 1.165) is 54.3 Å². The van der Waals surface area contributed by atoms with Crippen molar-refractivity contribution in [3.8, 4) is 0 Å². The van der Waals surface area contributed by atoms with Gasteiger partial charge < -0.3 is 4.74 Å². The highest BCUT2D eigenvalue weighted by molar-refractivity contribution is 5.72. The fraction of sp³-hybridized carbons (Fsp3) is 0.579. The molecule has 2 aromatic heterocycles. The number of nitrogens with one attached hydrogen (secondary N) is 1. The molecule has 0 spiro atoms. The smallest absolute Gasteiger partial charge is 0.308 e. The van der Waals surface area contributed by atoms with Crippen molar-refractivity contribution in [1.82, 2.24) is 20.2 Å². The van der Waals surface area contributed by atoms with Crippen LogP contribution in [0.1, 0.15) is 67.1 Å². The third kappa shape index (κ3) is 4.44. The molecule has 25 heavy (non-hydrogen) atoms. The van der Waals surface area contributed by atoms with Gasteiger partial charge in [0.1, 0.15) is 5.82 Å². The van der Waals surface area contributed by atoms with Gasteiger partial charge in [0.25, 0.3) is 0 Å². The van der Waals surface area contributed by atoms with Gasteiger partial charge in [0, 0.05) is 23.7 Å². The minimum Gasteiger partial charge on any atom is -0.466 e. The van der Waals surface area contributed by atoms with Crippen LogP contribution in [-0.2, 0) is 16.0 Å². The van der Waals surface area contributed by atoms with E-state index in [1.807, 2.05) is 32.9 Å². The lowest BCUT2D eigenvalue weighted by atomic mass is 9.81. The predicted molar refractivity (Wildman–Crippen MR) is 94.2 cm³/mol. The zero-order chi connectivity index (χ0) is 17.8. The zero-order valence-corrected chi connectivity index (χ0v) is 15.2. The van der Waals surface area contributed by atoms with Gasteiger partial charge in [-0.1, -0.05) is 0 Å². The number of esters is 1. The number of rotatable bonds is 5. The highest BCUT2D eigenvalue weighted by atomic mass is 16.5. The van der Waals surface area contributed by atoms with Gasteiger partial charge in [0.2, 0.25) is 0 Å². The minimum atomic E-state index is -0.0549. The summed E-state index contributed by atoms with van der Waals surface area (Å²) in [4.78, 5) is 21.3. The average Bonchev–Trinajstić information content (AvgIpc) is 2.99. The highest BCUT2D eigenvalue weighted by Crippen LogP contribution is 2.35. The molecule has 2 heterocycles. The minimum absolute atomic E-state index is 0.0347. The number of aromatic amines is 1. The number of H-pyrrole nitrogens is 1. The van der Waals surface area contributed by atoms with Crippen LogP contribution in [0.15, 0.2) is 12.1 Å². The normalized spacial score (nSPS) is 20.4. The maximum Gasteiger partial charge on any atom is 0.308 e. The summed E-state index contributed by atoms with van der Waals surface area (Å²) < 4.78 is 5.15. The Labute approximate surface area is 148 Å². The van der Waals surface area contributed by atoms with Gasteiger partial charge in [-0.05, 0) is 58.6 Å². The van der Waals surface area contributed by atoms with E-state index in [9.17, 15) is 4.79 Å². The van der Waals surface area contributed by atoms with E-state index < -0.39 is 0 Å². The van der Waals surface area contributed by atoms with E-state index in [2.05, 4.69) is 15.2 Å². The van der Waals surface area contributed by atoms with Gasteiger partial charge >= 0.3 is 5.97 Å². The van der Waals surface area contributed by atoms with E-state index in [1.54, 1.807) is 0 Å². The van der Waals surface area contributed by atoms with Crippen molar-refractivity contribution >= 4 is 5.97 Å². The van der Waals surface area contributed by atoms with Crippen molar-refractivity contribution in [3.63, 3.8) is 0 Å². The van der Waals surface area contributed by atoms with Crippen LogP contribution in [0.25, 0.3) is 0 Å². The number of hydrogen-bond donors (Lipinski definition) is 1. The maximum atomic E-state index is 11.9. The molecular weight excluding hydrogens is 316 g/mol. The Balaban J connectivity index is 1.67. The van der Waals surface area contributed by atoms with Gasteiger partial charge in [-0.15, -0.1) is 0 Å². The second-order valence-corrected chi connectivity index (χ2v) is 6.88. The molecule has 0 aliphatic heterocycles. The first kappa shape index (κ1) is 17.6. The van der Waals surface area contributed by atoms with Crippen molar-refractivity contribution in [3.05, 3.63) is 40.7 Å². The fourth-order valence-corrected chi connectivity index (χ4v) is 3.53. The molecule has 134 valence electrons. The van der Waals surface area contributed by atoms with Crippen molar-refractivity contribution in [2.24, 2.45) is 5.92 Å². The summed E-state index contributed by atoms with van der Waals surface area (Å²) in [5, 5.41) is 7.26. The lowest BCUT2D eigenvalue weighted by Gasteiger charge is -2.26. The number of carbonyl (C=O) groups excluding carboxylic acids is 1. The Hall–Kier alpha value is -2.24. The first-order valence-electron chi connectivity index (χ1n) is 9.07. The Kier molecular flexibility index (Phi) is 5.46. The Morgan fingerprint density at radius 2 is 1.92 bits per heavy atom. The van der Waals surface area contributed by atoms with Crippen LogP contribution in [0.3, 0.4) is 0 Å². The Morgan fingerprint density at radius 1 is 1.16 bits per heavy atom. The van der Waals surface area contributed by atoms with Crippen LogP contribution < -0.4 is 0 Å². The van der Waals surface area contributed by atoms with Gasteiger partial charge in [0.05, 0.1) is 23.9 Å². The van der Waals surface area contributed by atoms with Crippen LogP contribution >= 0.6 is 0 Å². The maximum absolute atomic E-state index is 11.9. The summed E-state index contributed by atoms with van der Waals surface area (Å²) in [7, 11) is 0. The van der Waals surface area contributed by atoms with Gasteiger partial charge in [0.15, 0.2) is 0 Å². The lowest BCUT2D eigenvalue weighted by molar-refractivity contribution is -0.149. The molecule has 0 saturated heterocycles. The standard InChI is InChI=1S/C19H26N4O2/c1-4-25-19(24)15-7-5-14(6-8-15)18-20-12(2)9-16(21-18)11-17-10-13(3)22-23-17/h9-10,14-15H,4-8,11H2,1-3H3,(H,22,23). The van der Waals surface area contributed by atoms with Gasteiger partial charge in [-0.3, -0.25) is 9.89 Å².